The number of ether oxygens (including phenoxy) is 1. The van der Waals surface area contributed by atoms with Gasteiger partial charge in [-0.2, -0.15) is 0 Å². The molecule has 0 amide bonds. The van der Waals surface area contributed by atoms with Crippen molar-refractivity contribution in [2.24, 2.45) is 5.73 Å². The van der Waals surface area contributed by atoms with Crippen molar-refractivity contribution in [2.45, 2.75) is 25.0 Å². The molecule has 1 heterocycles. The Morgan fingerprint density at radius 1 is 1.00 bits per heavy atom. The van der Waals surface area contributed by atoms with Crippen LogP contribution in [0.25, 0.3) is 11.1 Å². The van der Waals surface area contributed by atoms with Crippen LogP contribution in [0, 0.1) is 11.6 Å². The molecule has 2 aromatic rings. The van der Waals surface area contributed by atoms with Gasteiger partial charge in [-0.05, 0) is 46.0 Å². The van der Waals surface area contributed by atoms with E-state index in [0.717, 1.165) is 18.4 Å². The van der Waals surface area contributed by atoms with Gasteiger partial charge < -0.3 is 10.5 Å². The summed E-state index contributed by atoms with van der Waals surface area (Å²) in [5.74, 6) is -1.71. The van der Waals surface area contributed by atoms with Crippen molar-refractivity contribution in [1.29, 1.82) is 0 Å². The van der Waals surface area contributed by atoms with E-state index in [4.69, 9.17) is 10.5 Å². The summed E-state index contributed by atoms with van der Waals surface area (Å²) >= 11 is 2.98. The van der Waals surface area contributed by atoms with Crippen molar-refractivity contribution in [3.05, 3.63) is 58.1 Å². The van der Waals surface area contributed by atoms with Crippen molar-refractivity contribution in [3.8, 4) is 11.1 Å². The maximum atomic E-state index is 14.0. The molecule has 0 aromatic heterocycles. The lowest BCUT2D eigenvalue weighted by Crippen LogP contribution is -2.32. The Hall–Kier alpha value is -1.30. The van der Waals surface area contributed by atoms with Crippen LogP contribution in [0.2, 0.25) is 0 Å². The van der Waals surface area contributed by atoms with Gasteiger partial charge in [-0.1, -0.05) is 30.3 Å². The molecule has 116 valence electrons. The van der Waals surface area contributed by atoms with E-state index >= 15 is 0 Å². The van der Waals surface area contributed by atoms with Crippen molar-refractivity contribution >= 4 is 15.9 Å². The first-order valence-electron chi connectivity index (χ1n) is 7.17. The molecule has 1 saturated heterocycles. The average molecular weight is 368 g/mol. The van der Waals surface area contributed by atoms with Gasteiger partial charge in [0, 0.05) is 11.6 Å². The van der Waals surface area contributed by atoms with E-state index < -0.39 is 11.6 Å². The molecule has 22 heavy (non-hydrogen) atoms. The minimum absolute atomic E-state index is 0.0281. The zero-order chi connectivity index (χ0) is 15.7. The highest BCUT2D eigenvalue weighted by Gasteiger charge is 2.21. The molecule has 1 aliphatic heterocycles. The summed E-state index contributed by atoms with van der Waals surface area (Å²) in [5.41, 5.74) is 7.74. The normalized spacial score (nSPS) is 21.8. The summed E-state index contributed by atoms with van der Waals surface area (Å²) in [6.07, 6.45) is 1.83. The summed E-state index contributed by atoms with van der Waals surface area (Å²) < 4.78 is 33.5. The highest BCUT2D eigenvalue weighted by Crippen LogP contribution is 2.32. The Balaban J connectivity index is 1.84. The highest BCUT2D eigenvalue weighted by molar-refractivity contribution is 9.10. The van der Waals surface area contributed by atoms with E-state index in [1.807, 2.05) is 12.1 Å². The number of nitrogens with two attached hydrogens (primary N) is 1. The van der Waals surface area contributed by atoms with Crippen LogP contribution in [-0.4, -0.2) is 12.6 Å². The molecule has 2 N–H and O–H groups in total. The topological polar surface area (TPSA) is 35.2 Å². The van der Waals surface area contributed by atoms with Gasteiger partial charge in [0.15, 0.2) is 11.6 Å². The second kappa shape index (κ2) is 6.44. The Morgan fingerprint density at radius 3 is 2.36 bits per heavy atom. The third-order valence-corrected chi connectivity index (χ3v) is 4.55. The molecule has 0 saturated carbocycles. The molecule has 0 bridgehead atoms. The lowest BCUT2D eigenvalue weighted by Gasteiger charge is -2.27. The van der Waals surface area contributed by atoms with Crippen LogP contribution in [0.4, 0.5) is 8.78 Å². The van der Waals surface area contributed by atoms with Crippen molar-refractivity contribution in [1.82, 2.24) is 0 Å². The Labute approximate surface area is 136 Å². The van der Waals surface area contributed by atoms with Crippen LogP contribution < -0.4 is 5.73 Å². The second-order valence-electron chi connectivity index (χ2n) is 5.50. The van der Waals surface area contributed by atoms with Gasteiger partial charge in [-0.25, -0.2) is 8.78 Å². The molecule has 1 aliphatic rings. The minimum Gasteiger partial charge on any atom is -0.372 e. The van der Waals surface area contributed by atoms with Crippen molar-refractivity contribution in [3.63, 3.8) is 0 Å². The predicted octanol–water partition coefficient (Wildman–Crippen LogP) is 4.57. The van der Waals surface area contributed by atoms with Gasteiger partial charge in [0.2, 0.25) is 0 Å². The molecule has 5 heteroatoms. The monoisotopic (exact) mass is 367 g/mol. The van der Waals surface area contributed by atoms with Crippen molar-refractivity contribution in [2.75, 3.05) is 6.61 Å². The summed E-state index contributed by atoms with van der Waals surface area (Å²) in [7, 11) is 0. The standard InChI is InChI=1S/C17H16BrF2NO/c18-14-7-6-13(16(19)17(14)20)10-1-3-11(4-2-10)15-8-5-12(21)9-22-15/h1-4,6-7,12,15H,5,8-9,21H2. The fourth-order valence-corrected chi connectivity index (χ4v) is 2.97. The second-order valence-corrected chi connectivity index (χ2v) is 6.36. The molecule has 2 aromatic carbocycles. The first-order chi connectivity index (χ1) is 10.6. The first kappa shape index (κ1) is 15.6. The largest absolute Gasteiger partial charge is 0.372 e. The number of benzene rings is 2. The molecule has 1 fully saturated rings. The maximum absolute atomic E-state index is 14.0. The molecule has 2 nitrogen and oxygen atoms in total. The van der Waals surface area contributed by atoms with Crippen LogP contribution in [0.3, 0.4) is 0 Å². The summed E-state index contributed by atoms with van der Waals surface area (Å²) in [5, 5.41) is 0. The van der Waals surface area contributed by atoms with E-state index in [0.29, 0.717) is 12.2 Å². The summed E-state index contributed by atoms with van der Waals surface area (Å²) in [4.78, 5) is 0. The number of hydrogen-bond donors (Lipinski definition) is 1. The number of rotatable bonds is 2. The van der Waals surface area contributed by atoms with Gasteiger partial charge in [0.25, 0.3) is 0 Å². The fourth-order valence-electron chi connectivity index (χ4n) is 2.66. The van der Waals surface area contributed by atoms with Gasteiger partial charge >= 0.3 is 0 Å². The predicted molar refractivity (Wildman–Crippen MR) is 85.4 cm³/mol. The average Bonchev–Trinajstić information content (AvgIpc) is 2.54. The minimum atomic E-state index is -0.869. The molecule has 0 radical (unpaired) electrons. The SMILES string of the molecule is NC1CCC(c2ccc(-c3ccc(Br)c(F)c3F)cc2)OC1. The highest BCUT2D eigenvalue weighted by atomic mass is 79.9. The third kappa shape index (κ3) is 3.07. The summed E-state index contributed by atoms with van der Waals surface area (Å²) in [6, 6.07) is 10.6. The van der Waals surface area contributed by atoms with Crippen molar-refractivity contribution < 1.29 is 13.5 Å². The first-order valence-corrected chi connectivity index (χ1v) is 7.96. The maximum Gasteiger partial charge on any atom is 0.173 e. The Morgan fingerprint density at radius 2 is 1.73 bits per heavy atom. The van der Waals surface area contributed by atoms with Crippen LogP contribution in [0.15, 0.2) is 40.9 Å². The van der Waals surface area contributed by atoms with E-state index in [-0.39, 0.29) is 22.2 Å². The smallest absolute Gasteiger partial charge is 0.173 e. The molecular formula is C17H16BrF2NO. The van der Waals surface area contributed by atoms with E-state index in [2.05, 4.69) is 15.9 Å². The number of halogens is 3. The van der Waals surface area contributed by atoms with Crippen LogP contribution in [-0.2, 0) is 4.74 Å². The van der Waals surface area contributed by atoms with Gasteiger partial charge in [0.1, 0.15) is 0 Å². The van der Waals surface area contributed by atoms with Gasteiger partial charge in [0.05, 0.1) is 17.2 Å². The van der Waals surface area contributed by atoms with E-state index in [1.165, 1.54) is 6.07 Å². The third-order valence-electron chi connectivity index (χ3n) is 3.94. The van der Waals surface area contributed by atoms with Gasteiger partial charge in [-0.3, -0.25) is 0 Å². The molecular weight excluding hydrogens is 352 g/mol. The Bertz CT molecular complexity index is 667. The summed E-state index contributed by atoms with van der Waals surface area (Å²) in [6.45, 7) is 0.555. The zero-order valence-electron chi connectivity index (χ0n) is 11.9. The fraction of sp³-hybridized carbons (Fsp3) is 0.294. The molecule has 0 aliphatic carbocycles. The molecule has 2 atom stereocenters. The molecule has 0 spiro atoms. The van der Waals surface area contributed by atoms with Crippen LogP contribution >= 0.6 is 15.9 Å². The quantitative estimate of drug-likeness (QED) is 0.788. The molecule has 2 unspecified atom stereocenters. The lowest BCUT2D eigenvalue weighted by atomic mass is 9.97. The van der Waals surface area contributed by atoms with E-state index in [1.54, 1.807) is 18.2 Å². The van der Waals surface area contributed by atoms with E-state index in [9.17, 15) is 8.78 Å². The van der Waals surface area contributed by atoms with Crippen LogP contribution in [0.5, 0.6) is 0 Å². The lowest BCUT2D eigenvalue weighted by molar-refractivity contribution is 0.00412. The van der Waals surface area contributed by atoms with Gasteiger partial charge in [-0.15, -0.1) is 0 Å². The molecule has 3 rings (SSSR count). The zero-order valence-corrected chi connectivity index (χ0v) is 13.4. The Kier molecular flexibility index (Phi) is 4.57. The number of hydrogen-bond acceptors (Lipinski definition) is 2. The van der Waals surface area contributed by atoms with Crippen LogP contribution in [0.1, 0.15) is 24.5 Å².